The number of hydrogen-bond acceptors (Lipinski definition) is 2. The Morgan fingerprint density at radius 3 is 2.54 bits per heavy atom. The summed E-state index contributed by atoms with van der Waals surface area (Å²) in [6.07, 6.45) is 8.68. The zero-order chi connectivity index (χ0) is 9.10. The van der Waals surface area contributed by atoms with Crippen LogP contribution in [-0.2, 0) is 0 Å². The van der Waals surface area contributed by atoms with Gasteiger partial charge < -0.3 is 10.4 Å². The third-order valence-electron chi connectivity index (χ3n) is 3.65. The molecule has 1 unspecified atom stereocenters. The van der Waals surface area contributed by atoms with Crippen molar-refractivity contribution in [1.29, 1.82) is 0 Å². The van der Waals surface area contributed by atoms with Crippen LogP contribution in [-0.4, -0.2) is 23.8 Å². The normalized spacial score (nSPS) is 41.8. The number of aliphatic hydroxyl groups is 1. The van der Waals surface area contributed by atoms with Crippen molar-refractivity contribution in [3.63, 3.8) is 0 Å². The third kappa shape index (κ3) is 2.23. The molecule has 0 bridgehead atoms. The number of hydrogen-bond donors (Lipinski definition) is 2. The fourth-order valence-electron chi connectivity index (χ4n) is 2.86. The van der Waals surface area contributed by atoms with Gasteiger partial charge >= 0.3 is 0 Å². The average Bonchev–Trinajstić information content (AvgIpc) is 2.56. The maximum atomic E-state index is 9.97. The molecular weight excluding hydrogens is 162 g/mol. The second-order valence-electron chi connectivity index (χ2n) is 4.57. The predicted molar refractivity (Wildman–Crippen MR) is 53.6 cm³/mol. The van der Waals surface area contributed by atoms with E-state index < -0.39 is 0 Å². The molecule has 0 aromatic heterocycles. The van der Waals surface area contributed by atoms with Crippen molar-refractivity contribution >= 4 is 0 Å². The zero-order valence-corrected chi connectivity index (χ0v) is 8.34. The molecule has 1 saturated heterocycles. The van der Waals surface area contributed by atoms with Crippen molar-refractivity contribution in [3.8, 4) is 0 Å². The van der Waals surface area contributed by atoms with Crippen LogP contribution in [0.25, 0.3) is 0 Å². The molecule has 0 amide bonds. The Labute approximate surface area is 80.7 Å². The van der Waals surface area contributed by atoms with Crippen molar-refractivity contribution in [2.45, 2.75) is 57.1 Å². The van der Waals surface area contributed by atoms with E-state index in [1.54, 1.807) is 0 Å². The first kappa shape index (κ1) is 9.47. The van der Waals surface area contributed by atoms with Crippen molar-refractivity contribution in [3.05, 3.63) is 0 Å². The van der Waals surface area contributed by atoms with Gasteiger partial charge in [-0.15, -0.1) is 0 Å². The number of aliphatic hydroxyl groups excluding tert-OH is 1. The summed E-state index contributed by atoms with van der Waals surface area (Å²) in [5.74, 6) is 0.546. The Hall–Kier alpha value is -0.0800. The van der Waals surface area contributed by atoms with Crippen LogP contribution in [0, 0.1) is 5.92 Å². The molecule has 2 N–H and O–H groups in total. The second-order valence-corrected chi connectivity index (χ2v) is 4.57. The molecule has 1 saturated carbocycles. The van der Waals surface area contributed by atoms with Crippen molar-refractivity contribution in [2.75, 3.05) is 6.54 Å². The molecule has 2 rings (SSSR count). The predicted octanol–water partition coefficient (Wildman–Crippen LogP) is 1.68. The lowest BCUT2D eigenvalue weighted by Crippen LogP contribution is -2.37. The maximum Gasteiger partial charge on any atom is 0.0583 e. The van der Waals surface area contributed by atoms with Crippen LogP contribution >= 0.6 is 0 Å². The molecule has 13 heavy (non-hydrogen) atoms. The quantitative estimate of drug-likeness (QED) is 0.606. The Morgan fingerprint density at radius 1 is 0.923 bits per heavy atom. The standard InChI is InChI=1S/C11H21NO/c13-11-7-3-1-2-5-9(11)10-6-4-8-12-10/h9-13H,1-8H2/t9-,10?,11+/m0/s1. The topological polar surface area (TPSA) is 32.3 Å². The highest BCUT2D eigenvalue weighted by atomic mass is 16.3. The summed E-state index contributed by atoms with van der Waals surface area (Å²) < 4.78 is 0. The molecule has 2 heteroatoms. The molecule has 1 aliphatic heterocycles. The first-order valence-corrected chi connectivity index (χ1v) is 5.79. The van der Waals surface area contributed by atoms with Gasteiger partial charge in [0, 0.05) is 12.0 Å². The van der Waals surface area contributed by atoms with Gasteiger partial charge in [0.25, 0.3) is 0 Å². The van der Waals surface area contributed by atoms with E-state index in [-0.39, 0.29) is 6.10 Å². The van der Waals surface area contributed by atoms with E-state index in [0.29, 0.717) is 12.0 Å². The summed E-state index contributed by atoms with van der Waals surface area (Å²) in [4.78, 5) is 0. The van der Waals surface area contributed by atoms with Gasteiger partial charge in [-0.3, -0.25) is 0 Å². The van der Waals surface area contributed by atoms with Gasteiger partial charge in [0.05, 0.1) is 6.10 Å². The van der Waals surface area contributed by atoms with Gasteiger partial charge in [0.2, 0.25) is 0 Å². The molecule has 0 aromatic rings. The number of nitrogens with one attached hydrogen (secondary N) is 1. The lowest BCUT2D eigenvalue weighted by Gasteiger charge is -2.26. The van der Waals surface area contributed by atoms with Crippen LogP contribution in [0.2, 0.25) is 0 Å². The molecule has 76 valence electrons. The van der Waals surface area contributed by atoms with Gasteiger partial charge in [-0.05, 0) is 32.2 Å². The molecule has 0 radical (unpaired) electrons. The van der Waals surface area contributed by atoms with E-state index in [0.717, 1.165) is 13.0 Å². The van der Waals surface area contributed by atoms with Crippen LogP contribution < -0.4 is 5.32 Å². The molecule has 2 fully saturated rings. The van der Waals surface area contributed by atoms with Crippen LogP contribution in [0.5, 0.6) is 0 Å². The molecule has 2 nitrogen and oxygen atoms in total. The smallest absolute Gasteiger partial charge is 0.0583 e. The molecule has 3 atom stereocenters. The second kappa shape index (κ2) is 4.43. The lowest BCUT2D eigenvalue weighted by molar-refractivity contribution is 0.0818. The molecular formula is C11H21NO. The highest BCUT2D eigenvalue weighted by Crippen LogP contribution is 2.29. The minimum Gasteiger partial charge on any atom is -0.393 e. The molecule has 0 spiro atoms. The van der Waals surface area contributed by atoms with E-state index >= 15 is 0 Å². The lowest BCUT2D eigenvalue weighted by atomic mass is 9.89. The Balaban J connectivity index is 1.93. The zero-order valence-electron chi connectivity index (χ0n) is 8.34. The summed E-state index contributed by atoms with van der Waals surface area (Å²) in [6, 6.07) is 0.619. The first-order valence-electron chi connectivity index (χ1n) is 5.79. The van der Waals surface area contributed by atoms with Crippen LogP contribution in [0.4, 0.5) is 0 Å². The van der Waals surface area contributed by atoms with Crippen molar-refractivity contribution in [1.82, 2.24) is 5.32 Å². The Bertz CT molecular complexity index is 154. The van der Waals surface area contributed by atoms with E-state index in [9.17, 15) is 5.11 Å². The van der Waals surface area contributed by atoms with E-state index in [4.69, 9.17) is 0 Å². The van der Waals surface area contributed by atoms with Crippen LogP contribution in [0.3, 0.4) is 0 Å². The monoisotopic (exact) mass is 183 g/mol. The molecule has 2 aliphatic rings. The van der Waals surface area contributed by atoms with Gasteiger partial charge in [0.15, 0.2) is 0 Å². The molecule has 1 heterocycles. The highest BCUT2D eigenvalue weighted by molar-refractivity contribution is 4.86. The maximum absolute atomic E-state index is 9.97. The Morgan fingerprint density at radius 2 is 1.77 bits per heavy atom. The van der Waals surface area contributed by atoms with Crippen LogP contribution in [0.1, 0.15) is 44.9 Å². The minimum atomic E-state index is -0.0295. The van der Waals surface area contributed by atoms with Crippen LogP contribution in [0.15, 0.2) is 0 Å². The molecule has 0 aromatic carbocycles. The third-order valence-corrected chi connectivity index (χ3v) is 3.65. The van der Waals surface area contributed by atoms with E-state index in [1.807, 2.05) is 0 Å². The summed E-state index contributed by atoms with van der Waals surface area (Å²) in [5.41, 5.74) is 0. The fraction of sp³-hybridized carbons (Fsp3) is 1.00. The van der Waals surface area contributed by atoms with E-state index in [1.165, 1.54) is 38.5 Å². The summed E-state index contributed by atoms with van der Waals surface area (Å²) in [5, 5.41) is 13.5. The minimum absolute atomic E-state index is 0.0295. The Kier molecular flexibility index (Phi) is 3.23. The fourth-order valence-corrected chi connectivity index (χ4v) is 2.86. The highest BCUT2D eigenvalue weighted by Gasteiger charge is 2.30. The largest absolute Gasteiger partial charge is 0.393 e. The first-order chi connectivity index (χ1) is 6.38. The SMILES string of the molecule is O[C@@H]1CCCCC[C@H]1C1CCCN1. The summed E-state index contributed by atoms with van der Waals surface area (Å²) >= 11 is 0. The van der Waals surface area contributed by atoms with E-state index in [2.05, 4.69) is 5.32 Å². The van der Waals surface area contributed by atoms with Gasteiger partial charge in [0.1, 0.15) is 0 Å². The van der Waals surface area contributed by atoms with Gasteiger partial charge in [-0.1, -0.05) is 19.3 Å². The van der Waals surface area contributed by atoms with Crippen molar-refractivity contribution < 1.29 is 5.11 Å². The van der Waals surface area contributed by atoms with Gasteiger partial charge in [-0.2, -0.15) is 0 Å². The molecule has 1 aliphatic carbocycles. The van der Waals surface area contributed by atoms with Crippen molar-refractivity contribution in [2.24, 2.45) is 5.92 Å². The average molecular weight is 183 g/mol. The summed E-state index contributed by atoms with van der Waals surface area (Å²) in [7, 11) is 0. The van der Waals surface area contributed by atoms with Gasteiger partial charge in [-0.25, -0.2) is 0 Å². The summed E-state index contributed by atoms with van der Waals surface area (Å²) in [6.45, 7) is 1.16. The number of rotatable bonds is 1.